The van der Waals surface area contributed by atoms with Crippen molar-refractivity contribution in [3.8, 4) is 0 Å². The molecule has 3 amide bonds. The molecule has 28 heavy (non-hydrogen) atoms. The second-order valence-electron chi connectivity index (χ2n) is 6.72. The van der Waals surface area contributed by atoms with Crippen LogP contribution >= 0.6 is 0 Å². The van der Waals surface area contributed by atoms with Crippen LogP contribution in [-0.2, 0) is 4.79 Å². The van der Waals surface area contributed by atoms with E-state index in [1.54, 1.807) is 17.0 Å². The van der Waals surface area contributed by atoms with Gasteiger partial charge in [-0.3, -0.25) is 14.4 Å². The Morgan fingerprint density at radius 1 is 1.11 bits per heavy atom. The Bertz CT molecular complexity index is 731. The highest BCUT2D eigenvalue weighted by Crippen LogP contribution is 2.21. The van der Waals surface area contributed by atoms with Gasteiger partial charge in [-0.15, -0.1) is 0 Å². The normalized spacial score (nSPS) is 14.5. The third kappa shape index (κ3) is 5.46. The van der Waals surface area contributed by atoms with E-state index in [0.717, 1.165) is 17.7 Å². The molecule has 6 nitrogen and oxygen atoms in total. The van der Waals surface area contributed by atoms with E-state index in [0.29, 0.717) is 23.6 Å². The molecule has 0 aromatic heterocycles. The van der Waals surface area contributed by atoms with Crippen molar-refractivity contribution in [1.29, 1.82) is 0 Å². The molecular weight excluding hydrogens is 375 g/mol. The summed E-state index contributed by atoms with van der Waals surface area (Å²) in [6.45, 7) is 2.89. The molecule has 0 N–H and O–H groups in total. The largest absolute Gasteiger partial charge is 0.406 e. The first kappa shape index (κ1) is 21.7. The van der Waals surface area contributed by atoms with Crippen molar-refractivity contribution >= 4 is 17.7 Å². The van der Waals surface area contributed by atoms with Crippen LogP contribution in [-0.4, -0.2) is 71.4 Å². The van der Waals surface area contributed by atoms with E-state index >= 15 is 0 Å². The van der Waals surface area contributed by atoms with Crippen LogP contribution < -0.4 is 0 Å². The van der Waals surface area contributed by atoms with Crippen LogP contribution in [0.15, 0.2) is 24.3 Å². The van der Waals surface area contributed by atoms with Crippen LogP contribution in [0.3, 0.4) is 0 Å². The Labute approximate surface area is 161 Å². The predicted octanol–water partition coefficient (Wildman–Crippen LogP) is 2.75. The van der Waals surface area contributed by atoms with E-state index < -0.39 is 37.7 Å². The number of hydrogen-bond acceptors (Lipinski definition) is 3. The van der Waals surface area contributed by atoms with E-state index in [1.807, 2.05) is 13.8 Å². The molecule has 1 aromatic rings. The number of alkyl halides is 3. The van der Waals surface area contributed by atoms with Gasteiger partial charge in [-0.2, -0.15) is 13.2 Å². The molecule has 1 heterocycles. The van der Waals surface area contributed by atoms with E-state index in [-0.39, 0.29) is 11.5 Å². The summed E-state index contributed by atoms with van der Waals surface area (Å²) < 4.78 is 37.6. The van der Waals surface area contributed by atoms with Crippen molar-refractivity contribution in [1.82, 2.24) is 14.7 Å². The summed E-state index contributed by atoms with van der Waals surface area (Å²) in [5.41, 5.74) is 0.505. The molecule has 0 aliphatic carbocycles. The molecule has 0 radical (unpaired) electrons. The van der Waals surface area contributed by atoms with Gasteiger partial charge in [0.15, 0.2) is 0 Å². The summed E-state index contributed by atoms with van der Waals surface area (Å²) in [6, 6.07) is 6.07. The zero-order valence-corrected chi connectivity index (χ0v) is 16.0. The fourth-order valence-electron chi connectivity index (χ4n) is 3.09. The monoisotopic (exact) mass is 399 g/mol. The number of carbonyl (C=O) groups is 3. The molecule has 0 saturated carbocycles. The number of carbonyl (C=O) groups excluding carboxylic acids is 3. The smallest absolute Gasteiger partial charge is 0.339 e. The predicted molar refractivity (Wildman–Crippen MR) is 96.6 cm³/mol. The summed E-state index contributed by atoms with van der Waals surface area (Å²) in [5.74, 6) is -1.53. The second kappa shape index (κ2) is 9.07. The average Bonchev–Trinajstić information content (AvgIpc) is 2.99. The third-order valence-electron chi connectivity index (χ3n) is 4.31. The maximum absolute atomic E-state index is 12.7. The van der Waals surface area contributed by atoms with Gasteiger partial charge in [-0.1, -0.05) is 19.9 Å². The molecular formula is C19H24F3N3O3. The third-order valence-corrected chi connectivity index (χ3v) is 4.31. The minimum atomic E-state index is -4.52. The van der Waals surface area contributed by atoms with Crippen molar-refractivity contribution in [2.75, 3.05) is 32.8 Å². The number of benzene rings is 1. The number of hydrogen-bond donors (Lipinski definition) is 0. The summed E-state index contributed by atoms with van der Waals surface area (Å²) in [6.07, 6.45) is -2.92. The van der Waals surface area contributed by atoms with E-state index in [2.05, 4.69) is 0 Å². The highest BCUT2D eigenvalue weighted by Gasteiger charge is 2.39. The number of nitrogens with zero attached hydrogens (tertiary/aromatic N) is 3. The lowest BCUT2D eigenvalue weighted by Crippen LogP contribution is -2.37. The minimum absolute atomic E-state index is 0.167. The van der Waals surface area contributed by atoms with E-state index in [9.17, 15) is 27.6 Å². The van der Waals surface area contributed by atoms with Gasteiger partial charge >= 0.3 is 6.18 Å². The molecule has 0 unspecified atom stereocenters. The van der Waals surface area contributed by atoms with Gasteiger partial charge in [0.1, 0.15) is 13.1 Å². The molecule has 9 heteroatoms. The number of halogens is 3. The van der Waals surface area contributed by atoms with Crippen molar-refractivity contribution in [3.63, 3.8) is 0 Å². The molecule has 1 saturated heterocycles. The molecule has 0 bridgehead atoms. The Morgan fingerprint density at radius 2 is 1.71 bits per heavy atom. The summed E-state index contributed by atoms with van der Waals surface area (Å²) in [5, 5.41) is 0. The lowest BCUT2D eigenvalue weighted by molar-refractivity contribution is -0.157. The second-order valence-corrected chi connectivity index (χ2v) is 6.72. The van der Waals surface area contributed by atoms with Crippen molar-refractivity contribution in [2.45, 2.75) is 32.9 Å². The topological polar surface area (TPSA) is 60.9 Å². The zero-order valence-electron chi connectivity index (χ0n) is 16.0. The maximum atomic E-state index is 12.7. The van der Waals surface area contributed by atoms with Gasteiger partial charge in [-0.05, 0) is 31.0 Å². The lowest BCUT2D eigenvalue weighted by atomic mass is 10.1. The highest BCUT2D eigenvalue weighted by atomic mass is 19.4. The Morgan fingerprint density at radius 3 is 2.29 bits per heavy atom. The van der Waals surface area contributed by atoms with Crippen LogP contribution in [0, 0.1) is 0 Å². The number of rotatable bonds is 7. The minimum Gasteiger partial charge on any atom is -0.339 e. The highest BCUT2D eigenvalue weighted by molar-refractivity contribution is 6.01. The van der Waals surface area contributed by atoms with Gasteiger partial charge in [-0.25, -0.2) is 0 Å². The number of amides is 3. The zero-order chi connectivity index (χ0) is 20.9. The lowest BCUT2D eigenvalue weighted by Gasteiger charge is -2.22. The molecule has 0 atom stereocenters. The van der Waals surface area contributed by atoms with E-state index in [4.69, 9.17) is 0 Å². The fourth-order valence-corrected chi connectivity index (χ4v) is 3.09. The first-order valence-corrected chi connectivity index (χ1v) is 9.19. The fraction of sp³-hybridized carbons (Fsp3) is 0.526. The van der Waals surface area contributed by atoms with Crippen LogP contribution in [0.5, 0.6) is 0 Å². The van der Waals surface area contributed by atoms with Crippen LogP contribution in [0.4, 0.5) is 13.2 Å². The molecule has 1 fully saturated rings. The summed E-state index contributed by atoms with van der Waals surface area (Å²) in [4.78, 5) is 40.5. The van der Waals surface area contributed by atoms with Crippen molar-refractivity contribution in [3.05, 3.63) is 35.4 Å². The maximum Gasteiger partial charge on any atom is 0.406 e. The molecule has 2 rings (SSSR count). The quantitative estimate of drug-likeness (QED) is 0.708. The molecule has 1 aliphatic rings. The van der Waals surface area contributed by atoms with E-state index in [1.165, 1.54) is 12.1 Å². The molecule has 1 aromatic carbocycles. The van der Waals surface area contributed by atoms with Crippen molar-refractivity contribution in [2.24, 2.45) is 0 Å². The van der Waals surface area contributed by atoms with Gasteiger partial charge < -0.3 is 14.7 Å². The van der Waals surface area contributed by atoms with Gasteiger partial charge in [0.25, 0.3) is 11.8 Å². The first-order valence-electron chi connectivity index (χ1n) is 9.19. The van der Waals surface area contributed by atoms with Crippen LogP contribution in [0.1, 0.15) is 47.4 Å². The molecule has 154 valence electrons. The first-order chi connectivity index (χ1) is 13.2. The standard InChI is InChI=1S/C19H24F3N3O3/c1-3-8-23(9-4-2)17(27)14-6-5-7-15(10-14)18(28)24-11-16(26)25(13-24)12-19(20,21)22/h5-7,10H,3-4,8-9,11-13H2,1-2H3. The summed E-state index contributed by atoms with van der Waals surface area (Å²) >= 11 is 0. The SMILES string of the molecule is CCCN(CCC)C(=O)c1cccc(C(=O)N2CC(=O)N(CC(F)(F)F)C2)c1. The Balaban J connectivity index is 2.14. The van der Waals surface area contributed by atoms with Gasteiger partial charge in [0.05, 0.1) is 6.67 Å². The van der Waals surface area contributed by atoms with Gasteiger partial charge in [0, 0.05) is 24.2 Å². The molecule has 0 spiro atoms. The summed E-state index contributed by atoms with van der Waals surface area (Å²) in [7, 11) is 0. The van der Waals surface area contributed by atoms with Crippen LogP contribution in [0.2, 0.25) is 0 Å². The Hall–Kier alpha value is -2.58. The average molecular weight is 399 g/mol. The molecule has 1 aliphatic heterocycles. The Kier molecular flexibility index (Phi) is 7.04. The van der Waals surface area contributed by atoms with Crippen molar-refractivity contribution < 1.29 is 27.6 Å². The van der Waals surface area contributed by atoms with Gasteiger partial charge in [0.2, 0.25) is 5.91 Å². The van der Waals surface area contributed by atoms with Crippen LogP contribution in [0.25, 0.3) is 0 Å².